The lowest BCUT2D eigenvalue weighted by Gasteiger charge is -2.38. The Kier molecular flexibility index (Phi) is 3.79. The van der Waals surface area contributed by atoms with Gasteiger partial charge in [0.2, 0.25) is 6.10 Å². The Morgan fingerprint density at radius 2 is 1.72 bits per heavy atom. The average molecular weight is 339 g/mol. The molecule has 1 amide bonds. The number of carbonyl (C=O) groups is 1. The Morgan fingerprint density at radius 1 is 1.04 bits per heavy atom. The highest BCUT2D eigenvalue weighted by Gasteiger charge is 2.36. The van der Waals surface area contributed by atoms with Gasteiger partial charge in [-0.05, 0) is 32.0 Å². The summed E-state index contributed by atoms with van der Waals surface area (Å²) in [7, 11) is 0. The average Bonchev–Trinajstić information content (AvgIpc) is 2.60. The molecule has 2 aliphatic heterocycles. The van der Waals surface area contributed by atoms with Gasteiger partial charge in [-0.25, -0.2) is 0 Å². The van der Waals surface area contributed by atoms with Gasteiger partial charge in [-0.15, -0.1) is 0 Å². The van der Waals surface area contributed by atoms with E-state index in [2.05, 4.69) is 5.32 Å². The molecule has 2 aliphatic rings. The van der Waals surface area contributed by atoms with Crippen LogP contribution < -0.4 is 19.5 Å². The van der Waals surface area contributed by atoms with Crippen molar-refractivity contribution in [1.82, 2.24) is 5.32 Å². The normalized spacial score (nSPS) is 23.1. The fourth-order valence-corrected chi connectivity index (χ4v) is 3.34. The Hall–Kier alpha value is -2.69. The highest BCUT2D eigenvalue weighted by Crippen LogP contribution is 2.39. The highest BCUT2D eigenvalue weighted by atomic mass is 16.6. The van der Waals surface area contributed by atoms with Crippen molar-refractivity contribution in [3.05, 3.63) is 54.1 Å². The minimum atomic E-state index is -0.659. The number of hydrogen-bond donors (Lipinski definition) is 1. The van der Waals surface area contributed by atoms with Gasteiger partial charge in [-0.1, -0.05) is 30.3 Å². The van der Waals surface area contributed by atoms with Crippen molar-refractivity contribution in [3.63, 3.8) is 0 Å². The number of benzene rings is 2. The predicted octanol–water partition coefficient (Wildman–Crippen LogP) is 3.25. The zero-order valence-corrected chi connectivity index (χ0v) is 14.3. The molecule has 0 saturated carbocycles. The van der Waals surface area contributed by atoms with Crippen LogP contribution in [0.1, 0.15) is 31.9 Å². The number of rotatable bonds is 2. The van der Waals surface area contributed by atoms with E-state index in [1.54, 1.807) is 0 Å². The van der Waals surface area contributed by atoms with Crippen LogP contribution in [0.4, 0.5) is 0 Å². The quantitative estimate of drug-likeness (QED) is 0.912. The summed E-state index contributed by atoms with van der Waals surface area (Å²) in [6.45, 7) is 4.26. The van der Waals surface area contributed by atoms with Crippen LogP contribution in [0.25, 0.3) is 0 Å². The molecule has 2 atom stereocenters. The molecule has 25 heavy (non-hydrogen) atoms. The maximum atomic E-state index is 12.7. The molecular formula is C20H21NO4. The van der Waals surface area contributed by atoms with Crippen molar-refractivity contribution in [3.8, 4) is 17.2 Å². The smallest absolute Gasteiger partial charge is 0.265 e. The second-order valence-electron chi connectivity index (χ2n) is 7.03. The van der Waals surface area contributed by atoms with Gasteiger partial charge in [0, 0.05) is 12.0 Å². The van der Waals surface area contributed by atoms with Gasteiger partial charge in [-0.3, -0.25) is 4.79 Å². The lowest BCUT2D eigenvalue weighted by atomic mass is 9.89. The topological polar surface area (TPSA) is 56.8 Å². The molecule has 0 fully saturated rings. The molecule has 0 aliphatic carbocycles. The molecule has 5 nitrogen and oxygen atoms in total. The maximum absolute atomic E-state index is 12.7. The Labute approximate surface area is 146 Å². The van der Waals surface area contributed by atoms with Crippen molar-refractivity contribution in [2.24, 2.45) is 0 Å². The van der Waals surface area contributed by atoms with Crippen molar-refractivity contribution >= 4 is 5.91 Å². The van der Waals surface area contributed by atoms with Crippen LogP contribution in [0, 0.1) is 0 Å². The minimum absolute atomic E-state index is 0.117. The first-order valence-electron chi connectivity index (χ1n) is 8.49. The molecule has 130 valence electrons. The van der Waals surface area contributed by atoms with E-state index in [1.807, 2.05) is 62.4 Å². The fraction of sp³-hybridized carbons (Fsp3) is 0.350. The molecule has 2 aromatic rings. The molecule has 0 spiro atoms. The first-order chi connectivity index (χ1) is 12.0. The van der Waals surface area contributed by atoms with E-state index >= 15 is 0 Å². The number of nitrogens with one attached hydrogen (secondary N) is 1. The van der Waals surface area contributed by atoms with Crippen LogP contribution in [0.2, 0.25) is 0 Å². The number of carbonyl (C=O) groups excluding carboxylic acids is 1. The molecule has 5 heteroatoms. The second kappa shape index (κ2) is 5.99. The number of hydrogen-bond acceptors (Lipinski definition) is 4. The molecule has 2 unspecified atom stereocenters. The molecule has 2 heterocycles. The van der Waals surface area contributed by atoms with Gasteiger partial charge in [0.15, 0.2) is 11.5 Å². The summed E-state index contributed by atoms with van der Waals surface area (Å²) in [5.41, 5.74) is 0.648. The number of ether oxygens (including phenoxy) is 3. The van der Waals surface area contributed by atoms with Crippen LogP contribution in [-0.2, 0) is 4.79 Å². The summed E-state index contributed by atoms with van der Waals surface area (Å²) >= 11 is 0. The zero-order chi connectivity index (χ0) is 17.4. The lowest BCUT2D eigenvalue weighted by molar-refractivity contribution is -0.131. The minimum Gasteiger partial charge on any atom is -0.487 e. The third-order valence-electron chi connectivity index (χ3n) is 4.49. The van der Waals surface area contributed by atoms with Crippen LogP contribution in [0.15, 0.2) is 48.5 Å². The summed E-state index contributed by atoms with van der Waals surface area (Å²) in [5.74, 6) is 1.91. The largest absolute Gasteiger partial charge is 0.487 e. The molecular weight excluding hydrogens is 318 g/mol. The molecule has 1 N–H and O–H groups in total. The number of amides is 1. The van der Waals surface area contributed by atoms with E-state index in [-0.39, 0.29) is 24.2 Å². The Balaban J connectivity index is 1.52. The van der Waals surface area contributed by atoms with Gasteiger partial charge >= 0.3 is 0 Å². The van der Waals surface area contributed by atoms with Crippen molar-refractivity contribution in [2.75, 3.05) is 6.61 Å². The second-order valence-corrected chi connectivity index (χ2v) is 7.03. The van der Waals surface area contributed by atoms with Crippen molar-refractivity contribution in [1.29, 1.82) is 0 Å². The SMILES string of the molecule is CC1(C)CC(NC(=O)C2COc3ccccc3O2)c2ccccc2O1. The third-order valence-corrected chi connectivity index (χ3v) is 4.49. The summed E-state index contributed by atoms with van der Waals surface area (Å²) in [6, 6.07) is 15.1. The van der Waals surface area contributed by atoms with Gasteiger partial charge in [0.1, 0.15) is 18.0 Å². The van der Waals surface area contributed by atoms with E-state index in [4.69, 9.17) is 14.2 Å². The monoisotopic (exact) mass is 339 g/mol. The van der Waals surface area contributed by atoms with E-state index in [9.17, 15) is 4.79 Å². The molecule has 0 radical (unpaired) electrons. The van der Waals surface area contributed by atoms with E-state index in [0.29, 0.717) is 17.9 Å². The summed E-state index contributed by atoms with van der Waals surface area (Å²) < 4.78 is 17.5. The fourth-order valence-electron chi connectivity index (χ4n) is 3.34. The molecule has 0 bridgehead atoms. The Morgan fingerprint density at radius 3 is 2.52 bits per heavy atom. The van der Waals surface area contributed by atoms with Gasteiger partial charge < -0.3 is 19.5 Å². The predicted molar refractivity (Wildman–Crippen MR) is 93.0 cm³/mol. The van der Waals surface area contributed by atoms with Gasteiger partial charge in [0.05, 0.1) is 6.04 Å². The number of fused-ring (bicyclic) bond motifs is 2. The molecule has 0 saturated heterocycles. The molecule has 2 aromatic carbocycles. The first-order valence-corrected chi connectivity index (χ1v) is 8.49. The summed E-state index contributed by atoms with van der Waals surface area (Å²) in [6.07, 6.45) is 0.0351. The van der Waals surface area contributed by atoms with Crippen LogP contribution in [-0.4, -0.2) is 24.2 Å². The van der Waals surface area contributed by atoms with Gasteiger partial charge in [-0.2, -0.15) is 0 Å². The van der Waals surface area contributed by atoms with Crippen LogP contribution in [0.3, 0.4) is 0 Å². The van der Waals surface area contributed by atoms with Crippen LogP contribution in [0.5, 0.6) is 17.2 Å². The first kappa shape index (κ1) is 15.8. The summed E-state index contributed by atoms with van der Waals surface area (Å²) in [4.78, 5) is 12.7. The van der Waals surface area contributed by atoms with E-state index in [1.165, 1.54) is 0 Å². The third kappa shape index (κ3) is 3.14. The lowest BCUT2D eigenvalue weighted by Crippen LogP contribution is -2.48. The van der Waals surface area contributed by atoms with E-state index in [0.717, 1.165) is 11.3 Å². The number of para-hydroxylation sites is 3. The molecule has 4 rings (SSSR count). The van der Waals surface area contributed by atoms with Crippen molar-refractivity contribution < 1.29 is 19.0 Å². The standard InChI is InChI=1S/C20H21NO4/c1-20(2)11-14(13-7-3-4-8-15(13)25-20)21-19(22)18-12-23-16-9-5-6-10-17(16)24-18/h3-10,14,18H,11-12H2,1-2H3,(H,21,22). The molecule has 0 aromatic heterocycles. The summed E-state index contributed by atoms with van der Waals surface area (Å²) in [5, 5.41) is 3.11. The Bertz CT molecular complexity index is 802. The zero-order valence-electron chi connectivity index (χ0n) is 14.3. The van der Waals surface area contributed by atoms with Crippen molar-refractivity contribution in [2.45, 2.75) is 38.0 Å². The maximum Gasteiger partial charge on any atom is 0.265 e. The van der Waals surface area contributed by atoms with E-state index < -0.39 is 6.10 Å². The van der Waals surface area contributed by atoms with Gasteiger partial charge in [0.25, 0.3) is 5.91 Å². The highest BCUT2D eigenvalue weighted by molar-refractivity contribution is 5.82. The van der Waals surface area contributed by atoms with Crippen LogP contribution >= 0.6 is 0 Å².